The predicted octanol–water partition coefficient (Wildman–Crippen LogP) is 3.78. The Hall–Kier alpha value is -1.09. The van der Waals surface area contributed by atoms with Crippen molar-refractivity contribution in [2.24, 2.45) is 0 Å². The first-order chi connectivity index (χ1) is 9.63. The number of unbranched alkanes of at least 4 members (excludes halogenated alkanes) is 1. The van der Waals surface area contributed by atoms with Crippen LogP contribution in [0.4, 0.5) is 5.82 Å². The minimum absolute atomic E-state index is 0.582. The Morgan fingerprint density at radius 2 is 2.15 bits per heavy atom. The molecule has 1 aromatic rings. The molecule has 0 bridgehead atoms. The first-order valence-corrected chi connectivity index (χ1v) is 8.01. The van der Waals surface area contributed by atoms with Crippen LogP contribution >= 0.6 is 0 Å². The van der Waals surface area contributed by atoms with Gasteiger partial charge in [-0.05, 0) is 56.5 Å². The van der Waals surface area contributed by atoms with Crippen molar-refractivity contribution in [1.82, 2.24) is 9.88 Å². The average molecular weight is 275 g/mol. The van der Waals surface area contributed by atoms with Gasteiger partial charge in [-0.2, -0.15) is 0 Å². The number of anilines is 1. The van der Waals surface area contributed by atoms with Crippen molar-refractivity contribution in [2.75, 3.05) is 32.1 Å². The van der Waals surface area contributed by atoms with E-state index in [1.165, 1.54) is 56.3 Å². The number of pyridine rings is 1. The summed E-state index contributed by atoms with van der Waals surface area (Å²) in [6, 6.07) is 2.81. The standard InChI is InChI=1S/C17H29N3/c1-5-6-10-20-11-8-7-9-16(20)15-13-18-17(19(3)4)12-14(15)2/h12-13,16H,5-11H2,1-4H3/t16-/m0/s1. The molecule has 0 radical (unpaired) electrons. The number of hydrogen-bond acceptors (Lipinski definition) is 3. The fourth-order valence-corrected chi connectivity index (χ4v) is 3.12. The number of hydrogen-bond donors (Lipinski definition) is 0. The zero-order valence-electron chi connectivity index (χ0n) is 13.5. The smallest absolute Gasteiger partial charge is 0.128 e. The second-order valence-electron chi connectivity index (χ2n) is 6.19. The van der Waals surface area contributed by atoms with E-state index in [0.717, 1.165) is 5.82 Å². The molecule has 1 fully saturated rings. The van der Waals surface area contributed by atoms with Crippen LogP contribution in [0.5, 0.6) is 0 Å². The zero-order valence-corrected chi connectivity index (χ0v) is 13.5. The second-order valence-corrected chi connectivity index (χ2v) is 6.19. The fraction of sp³-hybridized carbons (Fsp3) is 0.706. The van der Waals surface area contributed by atoms with Gasteiger partial charge in [-0.1, -0.05) is 19.8 Å². The number of piperidine rings is 1. The summed E-state index contributed by atoms with van der Waals surface area (Å²) in [4.78, 5) is 9.38. The molecule has 3 heteroatoms. The van der Waals surface area contributed by atoms with Crippen LogP contribution < -0.4 is 4.90 Å². The van der Waals surface area contributed by atoms with Gasteiger partial charge >= 0.3 is 0 Å². The van der Waals surface area contributed by atoms with E-state index in [-0.39, 0.29) is 0 Å². The van der Waals surface area contributed by atoms with Gasteiger partial charge in [0, 0.05) is 26.3 Å². The van der Waals surface area contributed by atoms with Gasteiger partial charge in [0.2, 0.25) is 0 Å². The molecular formula is C17H29N3. The summed E-state index contributed by atoms with van der Waals surface area (Å²) in [7, 11) is 4.10. The number of aryl methyl sites for hydroxylation is 1. The van der Waals surface area contributed by atoms with Crippen LogP contribution in [-0.4, -0.2) is 37.1 Å². The van der Waals surface area contributed by atoms with Crippen molar-refractivity contribution in [2.45, 2.75) is 52.0 Å². The minimum Gasteiger partial charge on any atom is -0.363 e. The highest BCUT2D eigenvalue weighted by Gasteiger charge is 2.25. The lowest BCUT2D eigenvalue weighted by atomic mass is 9.93. The quantitative estimate of drug-likeness (QED) is 0.815. The molecule has 0 aliphatic carbocycles. The van der Waals surface area contributed by atoms with Crippen LogP contribution in [0.3, 0.4) is 0 Å². The van der Waals surface area contributed by atoms with Crippen LogP contribution in [-0.2, 0) is 0 Å². The topological polar surface area (TPSA) is 19.4 Å². The Labute approximate surface area is 124 Å². The first kappa shape index (κ1) is 15.3. The van der Waals surface area contributed by atoms with Crippen molar-refractivity contribution in [3.8, 4) is 0 Å². The third-order valence-electron chi connectivity index (χ3n) is 4.37. The predicted molar refractivity (Wildman–Crippen MR) is 86.4 cm³/mol. The Kier molecular flexibility index (Phi) is 5.41. The van der Waals surface area contributed by atoms with E-state index in [4.69, 9.17) is 0 Å². The van der Waals surface area contributed by atoms with E-state index in [9.17, 15) is 0 Å². The number of rotatable bonds is 5. The normalized spacial score (nSPS) is 20.1. The van der Waals surface area contributed by atoms with Crippen LogP contribution in [0, 0.1) is 6.92 Å². The average Bonchev–Trinajstić information content (AvgIpc) is 2.45. The molecule has 0 saturated carbocycles. The maximum Gasteiger partial charge on any atom is 0.128 e. The summed E-state index contributed by atoms with van der Waals surface area (Å²) in [5.74, 6) is 1.06. The van der Waals surface area contributed by atoms with Crippen LogP contribution in [0.25, 0.3) is 0 Å². The van der Waals surface area contributed by atoms with Gasteiger partial charge < -0.3 is 4.90 Å². The van der Waals surface area contributed by atoms with E-state index >= 15 is 0 Å². The molecule has 1 aliphatic heterocycles. The van der Waals surface area contributed by atoms with Crippen LogP contribution in [0.2, 0.25) is 0 Å². The minimum atomic E-state index is 0.582. The Bertz CT molecular complexity index is 428. The third kappa shape index (κ3) is 3.51. The van der Waals surface area contributed by atoms with Crippen molar-refractivity contribution >= 4 is 5.82 Å². The third-order valence-corrected chi connectivity index (χ3v) is 4.37. The fourth-order valence-electron chi connectivity index (χ4n) is 3.12. The van der Waals surface area contributed by atoms with Crippen molar-refractivity contribution < 1.29 is 0 Å². The SMILES string of the molecule is CCCCN1CCCC[C@H]1c1cnc(N(C)C)cc1C. The van der Waals surface area contributed by atoms with Crippen molar-refractivity contribution in [3.63, 3.8) is 0 Å². The number of likely N-dealkylation sites (tertiary alicyclic amines) is 1. The van der Waals surface area contributed by atoms with Crippen molar-refractivity contribution in [3.05, 3.63) is 23.4 Å². The lowest BCUT2D eigenvalue weighted by Crippen LogP contribution is -2.34. The monoisotopic (exact) mass is 275 g/mol. The van der Waals surface area contributed by atoms with E-state index in [0.29, 0.717) is 6.04 Å². The molecule has 1 saturated heterocycles. The van der Waals surface area contributed by atoms with E-state index in [1.54, 1.807) is 0 Å². The zero-order chi connectivity index (χ0) is 14.5. The highest BCUT2D eigenvalue weighted by Crippen LogP contribution is 2.33. The van der Waals surface area contributed by atoms with Gasteiger partial charge in [-0.3, -0.25) is 4.90 Å². The molecule has 20 heavy (non-hydrogen) atoms. The summed E-state index contributed by atoms with van der Waals surface area (Å²) < 4.78 is 0. The second kappa shape index (κ2) is 7.07. The molecule has 0 spiro atoms. The molecule has 0 N–H and O–H groups in total. The Morgan fingerprint density at radius 3 is 2.80 bits per heavy atom. The largest absolute Gasteiger partial charge is 0.363 e. The van der Waals surface area contributed by atoms with Gasteiger partial charge in [0.15, 0.2) is 0 Å². The molecule has 112 valence electrons. The summed E-state index contributed by atoms with van der Waals surface area (Å²) in [5.41, 5.74) is 2.82. The van der Waals surface area contributed by atoms with Gasteiger partial charge in [0.05, 0.1) is 0 Å². The lowest BCUT2D eigenvalue weighted by molar-refractivity contribution is 0.146. The molecular weight excluding hydrogens is 246 g/mol. The molecule has 0 unspecified atom stereocenters. The van der Waals surface area contributed by atoms with E-state index in [1.807, 2.05) is 0 Å². The Morgan fingerprint density at radius 1 is 1.35 bits per heavy atom. The van der Waals surface area contributed by atoms with Gasteiger partial charge in [0.25, 0.3) is 0 Å². The molecule has 2 heterocycles. The van der Waals surface area contributed by atoms with Crippen LogP contribution in [0.15, 0.2) is 12.3 Å². The summed E-state index contributed by atoms with van der Waals surface area (Å²) in [5, 5.41) is 0. The summed E-state index contributed by atoms with van der Waals surface area (Å²) >= 11 is 0. The molecule has 1 aliphatic rings. The van der Waals surface area contributed by atoms with Crippen molar-refractivity contribution in [1.29, 1.82) is 0 Å². The van der Waals surface area contributed by atoms with Gasteiger partial charge in [-0.25, -0.2) is 4.98 Å². The first-order valence-electron chi connectivity index (χ1n) is 8.01. The Balaban J connectivity index is 2.19. The molecule has 1 aromatic heterocycles. The maximum absolute atomic E-state index is 4.63. The highest BCUT2D eigenvalue weighted by molar-refractivity contribution is 5.42. The molecule has 3 nitrogen and oxygen atoms in total. The number of nitrogens with zero attached hydrogens (tertiary/aromatic N) is 3. The highest BCUT2D eigenvalue weighted by atomic mass is 15.2. The maximum atomic E-state index is 4.63. The number of aromatic nitrogens is 1. The van der Waals surface area contributed by atoms with E-state index in [2.05, 4.69) is 55.0 Å². The summed E-state index contributed by atoms with van der Waals surface area (Å²) in [6.45, 7) is 6.99. The molecule has 2 rings (SSSR count). The molecule has 0 aromatic carbocycles. The van der Waals surface area contributed by atoms with Gasteiger partial charge in [-0.15, -0.1) is 0 Å². The van der Waals surface area contributed by atoms with Gasteiger partial charge in [0.1, 0.15) is 5.82 Å². The molecule has 0 amide bonds. The lowest BCUT2D eigenvalue weighted by Gasteiger charge is -2.36. The molecule has 1 atom stereocenters. The van der Waals surface area contributed by atoms with Crippen LogP contribution in [0.1, 0.15) is 56.2 Å². The van der Waals surface area contributed by atoms with E-state index < -0.39 is 0 Å². The summed E-state index contributed by atoms with van der Waals surface area (Å²) in [6.07, 6.45) is 8.68.